The molecule has 0 bridgehead atoms. The molecule has 0 amide bonds. The molecule has 1 heterocycles. The second-order valence-electron chi connectivity index (χ2n) is 6.16. The summed E-state index contributed by atoms with van der Waals surface area (Å²) >= 11 is 0. The third-order valence-corrected chi connectivity index (χ3v) is 5.92. The third-order valence-electron chi connectivity index (χ3n) is 4.08. The zero-order valence-corrected chi connectivity index (χ0v) is 18.2. The number of aryl methyl sites for hydroxylation is 1. The molecule has 1 aromatic carbocycles. The molecule has 2 rings (SSSR count). The maximum atomic E-state index is 11.5. The Balaban J connectivity index is 0.00000312. The number of nitrogens with one attached hydrogen (secondary N) is 2. The lowest BCUT2D eigenvalue weighted by atomic mass is 10.1. The summed E-state index contributed by atoms with van der Waals surface area (Å²) in [5, 5.41) is 6.45. The summed E-state index contributed by atoms with van der Waals surface area (Å²) in [7, 11) is -1.18. The minimum atomic E-state index is -2.84. The third kappa shape index (κ3) is 7.01. The number of ether oxygens (including phenoxy) is 1. The maximum Gasteiger partial charge on any atom is 0.191 e. The van der Waals surface area contributed by atoms with E-state index in [4.69, 9.17) is 4.74 Å². The van der Waals surface area contributed by atoms with E-state index in [1.165, 1.54) is 0 Å². The summed E-state index contributed by atoms with van der Waals surface area (Å²) in [6.45, 7) is 5.90. The molecule has 25 heavy (non-hydrogen) atoms. The Morgan fingerprint density at radius 1 is 1.36 bits per heavy atom. The van der Waals surface area contributed by atoms with Gasteiger partial charge in [0, 0.05) is 18.7 Å². The number of hydrogen-bond acceptors (Lipinski definition) is 4. The van der Waals surface area contributed by atoms with Crippen LogP contribution in [0.4, 0.5) is 0 Å². The fourth-order valence-electron chi connectivity index (χ4n) is 2.76. The molecule has 1 fully saturated rings. The highest BCUT2D eigenvalue weighted by Gasteiger charge is 2.27. The van der Waals surface area contributed by atoms with Crippen LogP contribution in [0.3, 0.4) is 0 Å². The molecular weight excluding hydrogens is 453 g/mol. The lowest BCUT2D eigenvalue weighted by Crippen LogP contribution is -2.40. The Bertz CT molecular complexity index is 692. The van der Waals surface area contributed by atoms with Crippen LogP contribution in [-0.2, 0) is 16.4 Å². The number of halogens is 1. The van der Waals surface area contributed by atoms with Crippen molar-refractivity contribution < 1.29 is 13.2 Å². The van der Waals surface area contributed by atoms with E-state index in [0.29, 0.717) is 24.8 Å². The van der Waals surface area contributed by atoms with Crippen molar-refractivity contribution in [3.8, 4) is 5.75 Å². The van der Waals surface area contributed by atoms with Crippen molar-refractivity contribution in [3.63, 3.8) is 0 Å². The van der Waals surface area contributed by atoms with E-state index in [2.05, 4.69) is 15.6 Å². The van der Waals surface area contributed by atoms with E-state index in [1.54, 1.807) is 7.11 Å². The molecule has 1 unspecified atom stereocenters. The van der Waals surface area contributed by atoms with Crippen LogP contribution in [0.1, 0.15) is 24.5 Å². The summed E-state index contributed by atoms with van der Waals surface area (Å²) < 4.78 is 28.5. The van der Waals surface area contributed by atoms with Crippen molar-refractivity contribution in [2.45, 2.75) is 26.8 Å². The van der Waals surface area contributed by atoms with Crippen molar-refractivity contribution in [1.29, 1.82) is 0 Å². The minimum absolute atomic E-state index is 0. The maximum absolute atomic E-state index is 11.5. The second kappa shape index (κ2) is 10.2. The summed E-state index contributed by atoms with van der Waals surface area (Å²) in [4.78, 5) is 4.58. The van der Waals surface area contributed by atoms with Gasteiger partial charge < -0.3 is 15.4 Å². The second-order valence-corrected chi connectivity index (χ2v) is 8.39. The van der Waals surface area contributed by atoms with Gasteiger partial charge in [-0.1, -0.05) is 12.1 Å². The predicted octanol–water partition coefficient (Wildman–Crippen LogP) is 2.11. The van der Waals surface area contributed by atoms with E-state index in [0.717, 1.165) is 29.8 Å². The van der Waals surface area contributed by atoms with E-state index in [9.17, 15) is 8.42 Å². The van der Waals surface area contributed by atoms with Gasteiger partial charge in [0.2, 0.25) is 0 Å². The highest BCUT2D eigenvalue weighted by Crippen LogP contribution is 2.20. The molecule has 1 aliphatic heterocycles. The molecule has 6 nitrogen and oxygen atoms in total. The van der Waals surface area contributed by atoms with Crippen molar-refractivity contribution in [3.05, 3.63) is 29.3 Å². The van der Waals surface area contributed by atoms with Gasteiger partial charge in [-0.15, -0.1) is 24.0 Å². The minimum Gasteiger partial charge on any atom is -0.496 e. The van der Waals surface area contributed by atoms with Crippen LogP contribution >= 0.6 is 24.0 Å². The molecule has 1 aliphatic rings. The van der Waals surface area contributed by atoms with Crippen LogP contribution in [0.15, 0.2) is 23.2 Å². The zero-order valence-electron chi connectivity index (χ0n) is 15.0. The number of benzene rings is 1. The standard InChI is InChI=1S/C17H27N3O3S.HI/c1-4-18-17(19-10-14-7-8-24(21,22)12-14)20-11-15-6-5-13(2)9-16(15)23-3;/h5-6,9,14H,4,7-8,10-12H2,1-3H3,(H2,18,19,20);1H. The molecule has 142 valence electrons. The summed E-state index contributed by atoms with van der Waals surface area (Å²) in [5.74, 6) is 2.26. The molecule has 1 aromatic rings. The zero-order chi connectivity index (χ0) is 17.6. The SMILES string of the molecule is CCNC(=NCc1ccc(C)cc1OC)NCC1CCS(=O)(=O)C1.I. The average molecular weight is 481 g/mol. The molecule has 1 saturated heterocycles. The first-order chi connectivity index (χ1) is 11.4. The molecule has 2 N–H and O–H groups in total. The van der Waals surface area contributed by atoms with Crippen LogP contribution in [0, 0.1) is 12.8 Å². The van der Waals surface area contributed by atoms with Gasteiger partial charge in [0.15, 0.2) is 15.8 Å². The lowest BCUT2D eigenvalue weighted by molar-refractivity contribution is 0.409. The van der Waals surface area contributed by atoms with Gasteiger partial charge >= 0.3 is 0 Å². The highest BCUT2D eigenvalue weighted by atomic mass is 127. The quantitative estimate of drug-likeness (QED) is 0.370. The molecule has 8 heteroatoms. The van der Waals surface area contributed by atoms with Gasteiger partial charge in [0.1, 0.15) is 5.75 Å². The number of nitrogens with zero attached hydrogens (tertiary/aromatic N) is 1. The molecule has 0 aliphatic carbocycles. The van der Waals surface area contributed by atoms with Crippen molar-refractivity contribution in [2.24, 2.45) is 10.9 Å². The van der Waals surface area contributed by atoms with E-state index >= 15 is 0 Å². The Kier molecular flexibility index (Phi) is 8.98. The van der Waals surface area contributed by atoms with E-state index in [1.807, 2.05) is 32.0 Å². The van der Waals surface area contributed by atoms with Crippen molar-refractivity contribution in [2.75, 3.05) is 31.7 Å². The van der Waals surface area contributed by atoms with Crippen LogP contribution < -0.4 is 15.4 Å². The van der Waals surface area contributed by atoms with Crippen LogP contribution in [-0.4, -0.2) is 46.1 Å². The van der Waals surface area contributed by atoms with Gasteiger partial charge in [-0.2, -0.15) is 0 Å². The van der Waals surface area contributed by atoms with Crippen LogP contribution in [0.5, 0.6) is 5.75 Å². The molecule has 0 radical (unpaired) electrons. The predicted molar refractivity (Wildman–Crippen MR) is 113 cm³/mol. The fraction of sp³-hybridized carbons (Fsp3) is 0.588. The van der Waals surface area contributed by atoms with Gasteiger partial charge in [0.05, 0.1) is 25.2 Å². The topological polar surface area (TPSA) is 79.8 Å². The van der Waals surface area contributed by atoms with Crippen molar-refractivity contribution >= 4 is 39.8 Å². The summed E-state index contributed by atoms with van der Waals surface area (Å²) in [6, 6.07) is 6.05. The van der Waals surface area contributed by atoms with Gasteiger partial charge in [-0.05, 0) is 37.8 Å². The molecule has 1 atom stereocenters. The fourth-order valence-corrected chi connectivity index (χ4v) is 4.62. The number of hydrogen-bond donors (Lipinski definition) is 2. The highest BCUT2D eigenvalue weighted by molar-refractivity contribution is 14.0. The average Bonchev–Trinajstić information content (AvgIpc) is 2.90. The Hall–Kier alpha value is -1.03. The van der Waals surface area contributed by atoms with E-state index < -0.39 is 9.84 Å². The molecule has 0 aromatic heterocycles. The molecular formula is C17H28IN3O3S. The molecule has 0 saturated carbocycles. The smallest absolute Gasteiger partial charge is 0.191 e. The Morgan fingerprint density at radius 3 is 2.72 bits per heavy atom. The van der Waals surface area contributed by atoms with Gasteiger partial charge in [0.25, 0.3) is 0 Å². The number of guanidine groups is 1. The summed E-state index contributed by atoms with van der Waals surface area (Å²) in [5.41, 5.74) is 2.16. The monoisotopic (exact) mass is 481 g/mol. The first kappa shape index (κ1) is 22.0. The van der Waals surface area contributed by atoms with Gasteiger partial charge in [-0.3, -0.25) is 0 Å². The first-order valence-corrected chi connectivity index (χ1v) is 10.1. The van der Waals surface area contributed by atoms with Crippen LogP contribution in [0.2, 0.25) is 0 Å². The lowest BCUT2D eigenvalue weighted by Gasteiger charge is -2.14. The Morgan fingerprint density at radius 2 is 2.12 bits per heavy atom. The number of methoxy groups -OCH3 is 1. The van der Waals surface area contributed by atoms with Crippen molar-refractivity contribution in [1.82, 2.24) is 10.6 Å². The number of rotatable bonds is 6. The number of aliphatic imine (C=N–C) groups is 1. The Labute approximate surface area is 167 Å². The summed E-state index contributed by atoms with van der Waals surface area (Å²) in [6.07, 6.45) is 0.723. The van der Waals surface area contributed by atoms with E-state index in [-0.39, 0.29) is 35.6 Å². The van der Waals surface area contributed by atoms with Crippen LogP contribution in [0.25, 0.3) is 0 Å². The number of sulfone groups is 1. The molecule has 0 spiro atoms. The largest absolute Gasteiger partial charge is 0.496 e. The van der Waals surface area contributed by atoms with Gasteiger partial charge in [-0.25, -0.2) is 13.4 Å². The first-order valence-electron chi connectivity index (χ1n) is 8.29. The normalized spacial score (nSPS) is 19.2.